The predicted molar refractivity (Wildman–Crippen MR) is 99.3 cm³/mol. The van der Waals surface area contributed by atoms with Gasteiger partial charge in [0.05, 0.1) is 11.5 Å². The van der Waals surface area contributed by atoms with Gasteiger partial charge in [0.2, 0.25) is 0 Å². The maximum Gasteiger partial charge on any atom is 0.169 e. The van der Waals surface area contributed by atoms with E-state index in [1.165, 1.54) is 5.56 Å². The lowest BCUT2D eigenvalue weighted by atomic mass is 10.1. The standard InChI is InChI=1S/C17H26N2O2S2/c1-14(2)12-19(16-9-11-23(20,21)13-16)17(22)18-10-8-15-6-4-3-5-7-15/h3-7,14,16H,8-13H2,1-2H3,(H,18,22)/t16-/m1/s1. The minimum atomic E-state index is -2.90. The number of nitrogens with zero attached hydrogens (tertiary/aromatic N) is 1. The van der Waals surface area contributed by atoms with Crippen LogP contribution in [0.5, 0.6) is 0 Å². The average Bonchev–Trinajstić information content (AvgIpc) is 2.85. The Morgan fingerprint density at radius 2 is 2.04 bits per heavy atom. The first-order chi connectivity index (χ1) is 10.9. The molecule has 4 nitrogen and oxygen atoms in total. The third-order valence-corrected chi connectivity index (χ3v) is 6.13. The summed E-state index contributed by atoms with van der Waals surface area (Å²) in [6, 6.07) is 10.3. The van der Waals surface area contributed by atoms with Crippen LogP contribution in [0, 0.1) is 5.92 Å². The van der Waals surface area contributed by atoms with Gasteiger partial charge < -0.3 is 10.2 Å². The highest BCUT2D eigenvalue weighted by Gasteiger charge is 2.33. The van der Waals surface area contributed by atoms with Crippen molar-refractivity contribution in [3.05, 3.63) is 35.9 Å². The fourth-order valence-electron chi connectivity index (χ4n) is 2.87. The number of rotatable bonds is 6. The molecule has 1 aliphatic rings. The van der Waals surface area contributed by atoms with Gasteiger partial charge in [-0.15, -0.1) is 0 Å². The average molecular weight is 355 g/mol. The second kappa shape index (κ2) is 8.11. The van der Waals surface area contributed by atoms with Crippen molar-refractivity contribution in [3.8, 4) is 0 Å². The molecule has 1 saturated heterocycles. The lowest BCUT2D eigenvalue weighted by Crippen LogP contribution is -2.48. The lowest BCUT2D eigenvalue weighted by Gasteiger charge is -2.32. The van der Waals surface area contributed by atoms with E-state index in [1.807, 2.05) is 18.2 Å². The van der Waals surface area contributed by atoms with E-state index in [9.17, 15) is 8.42 Å². The Kier molecular flexibility index (Phi) is 6.41. The second-order valence-electron chi connectivity index (χ2n) is 6.57. The van der Waals surface area contributed by atoms with Crippen molar-refractivity contribution in [2.75, 3.05) is 24.6 Å². The largest absolute Gasteiger partial charge is 0.362 e. The molecule has 0 bridgehead atoms. The molecule has 0 amide bonds. The minimum absolute atomic E-state index is 0.0131. The van der Waals surface area contributed by atoms with E-state index in [1.54, 1.807) is 0 Å². The number of sulfone groups is 1. The van der Waals surface area contributed by atoms with E-state index in [0.29, 0.717) is 17.5 Å². The zero-order valence-corrected chi connectivity index (χ0v) is 15.5. The van der Waals surface area contributed by atoms with E-state index in [4.69, 9.17) is 12.2 Å². The van der Waals surface area contributed by atoms with Crippen molar-refractivity contribution in [3.63, 3.8) is 0 Å². The molecule has 1 aliphatic heterocycles. The van der Waals surface area contributed by atoms with Crippen molar-refractivity contribution >= 4 is 27.2 Å². The van der Waals surface area contributed by atoms with Crippen LogP contribution in [-0.4, -0.2) is 49.1 Å². The summed E-state index contributed by atoms with van der Waals surface area (Å²) in [6.45, 7) is 5.81. The third-order valence-electron chi connectivity index (χ3n) is 4.00. The highest BCUT2D eigenvalue weighted by atomic mass is 32.2. The summed E-state index contributed by atoms with van der Waals surface area (Å²) in [5, 5.41) is 3.98. The van der Waals surface area contributed by atoms with Gasteiger partial charge in [0.1, 0.15) is 0 Å². The first-order valence-electron chi connectivity index (χ1n) is 8.16. The smallest absolute Gasteiger partial charge is 0.169 e. The fourth-order valence-corrected chi connectivity index (χ4v) is 4.93. The molecule has 0 aliphatic carbocycles. The van der Waals surface area contributed by atoms with Crippen LogP contribution in [0.3, 0.4) is 0 Å². The minimum Gasteiger partial charge on any atom is -0.362 e. The molecule has 1 atom stereocenters. The normalized spacial score (nSPS) is 19.7. The van der Waals surface area contributed by atoms with Crippen molar-refractivity contribution in [2.45, 2.75) is 32.7 Å². The van der Waals surface area contributed by atoms with Crippen LogP contribution in [0.25, 0.3) is 0 Å². The Morgan fingerprint density at radius 3 is 2.61 bits per heavy atom. The van der Waals surface area contributed by atoms with Gasteiger partial charge in [-0.3, -0.25) is 0 Å². The molecule has 2 rings (SSSR count). The summed E-state index contributed by atoms with van der Waals surface area (Å²) < 4.78 is 23.5. The zero-order chi connectivity index (χ0) is 16.9. The van der Waals surface area contributed by atoms with Crippen LogP contribution in [0.4, 0.5) is 0 Å². The first-order valence-corrected chi connectivity index (χ1v) is 10.4. The molecular weight excluding hydrogens is 328 g/mol. The Balaban J connectivity index is 1.91. The molecule has 6 heteroatoms. The van der Waals surface area contributed by atoms with Gasteiger partial charge in [0, 0.05) is 19.1 Å². The fraction of sp³-hybridized carbons (Fsp3) is 0.588. The van der Waals surface area contributed by atoms with Gasteiger partial charge in [0.25, 0.3) is 0 Å². The van der Waals surface area contributed by atoms with E-state index in [-0.39, 0.29) is 17.5 Å². The highest BCUT2D eigenvalue weighted by molar-refractivity contribution is 7.91. The van der Waals surface area contributed by atoms with Gasteiger partial charge in [-0.05, 0) is 36.5 Å². The summed E-state index contributed by atoms with van der Waals surface area (Å²) >= 11 is 5.54. The number of nitrogens with one attached hydrogen (secondary N) is 1. The predicted octanol–water partition coefficient (Wildman–Crippen LogP) is 2.25. The van der Waals surface area contributed by atoms with E-state index < -0.39 is 9.84 Å². The van der Waals surface area contributed by atoms with Gasteiger partial charge in [-0.1, -0.05) is 44.2 Å². The Bertz CT molecular complexity index is 615. The molecule has 0 unspecified atom stereocenters. The zero-order valence-electron chi connectivity index (χ0n) is 13.9. The molecule has 0 radical (unpaired) electrons. The van der Waals surface area contributed by atoms with Crippen LogP contribution in [0.2, 0.25) is 0 Å². The monoisotopic (exact) mass is 354 g/mol. The van der Waals surface area contributed by atoms with Crippen molar-refractivity contribution in [1.29, 1.82) is 0 Å². The number of benzene rings is 1. The molecule has 1 fully saturated rings. The molecule has 1 aromatic carbocycles. The summed E-state index contributed by atoms with van der Waals surface area (Å²) in [5.74, 6) is 0.936. The topological polar surface area (TPSA) is 49.4 Å². The molecule has 0 saturated carbocycles. The lowest BCUT2D eigenvalue weighted by molar-refractivity contribution is 0.295. The number of hydrogen-bond donors (Lipinski definition) is 1. The van der Waals surface area contributed by atoms with Crippen LogP contribution >= 0.6 is 12.2 Å². The van der Waals surface area contributed by atoms with Crippen LogP contribution in [-0.2, 0) is 16.3 Å². The van der Waals surface area contributed by atoms with E-state index in [0.717, 1.165) is 19.5 Å². The van der Waals surface area contributed by atoms with E-state index in [2.05, 4.69) is 36.2 Å². The molecule has 23 heavy (non-hydrogen) atoms. The maximum atomic E-state index is 11.8. The summed E-state index contributed by atoms with van der Waals surface area (Å²) in [4.78, 5) is 2.08. The molecular formula is C17H26N2O2S2. The first kappa shape index (κ1) is 18.2. The highest BCUT2D eigenvalue weighted by Crippen LogP contribution is 2.19. The number of hydrogen-bond acceptors (Lipinski definition) is 3. The SMILES string of the molecule is CC(C)CN(C(=S)NCCc1ccccc1)[C@@H]1CCS(=O)(=O)C1. The second-order valence-corrected chi connectivity index (χ2v) is 9.19. The summed E-state index contributed by atoms with van der Waals surface area (Å²) in [5.41, 5.74) is 1.27. The Hall–Kier alpha value is -1.14. The Labute approximate surface area is 145 Å². The van der Waals surface area contributed by atoms with Gasteiger partial charge in [-0.2, -0.15) is 0 Å². The van der Waals surface area contributed by atoms with Crippen LogP contribution in [0.15, 0.2) is 30.3 Å². The quantitative estimate of drug-likeness (QED) is 0.794. The molecule has 0 spiro atoms. The van der Waals surface area contributed by atoms with Gasteiger partial charge in [0.15, 0.2) is 14.9 Å². The Morgan fingerprint density at radius 1 is 1.35 bits per heavy atom. The van der Waals surface area contributed by atoms with Gasteiger partial charge >= 0.3 is 0 Å². The van der Waals surface area contributed by atoms with Crippen molar-refractivity contribution < 1.29 is 8.42 Å². The molecule has 1 N–H and O–H groups in total. The molecule has 1 heterocycles. The summed E-state index contributed by atoms with van der Waals surface area (Å²) in [7, 11) is -2.90. The molecule has 1 aromatic rings. The third kappa shape index (κ3) is 5.77. The van der Waals surface area contributed by atoms with Gasteiger partial charge in [-0.25, -0.2) is 8.42 Å². The number of thiocarbonyl (C=S) groups is 1. The molecule has 0 aromatic heterocycles. The van der Waals surface area contributed by atoms with Crippen LogP contribution < -0.4 is 5.32 Å². The van der Waals surface area contributed by atoms with Crippen molar-refractivity contribution in [1.82, 2.24) is 10.2 Å². The van der Waals surface area contributed by atoms with Crippen molar-refractivity contribution in [2.24, 2.45) is 5.92 Å². The van der Waals surface area contributed by atoms with Crippen LogP contribution in [0.1, 0.15) is 25.8 Å². The molecule has 128 valence electrons. The maximum absolute atomic E-state index is 11.8. The van der Waals surface area contributed by atoms with E-state index >= 15 is 0 Å². The summed E-state index contributed by atoms with van der Waals surface area (Å²) in [6.07, 6.45) is 1.58.